The summed E-state index contributed by atoms with van der Waals surface area (Å²) in [6, 6.07) is 5.22. The van der Waals surface area contributed by atoms with Crippen molar-refractivity contribution in [2.75, 3.05) is 11.9 Å². The molecule has 0 saturated carbocycles. The first-order valence-corrected chi connectivity index (χ1v) is 5.04. The van der Waals surface area contributed by atoms with Crippen molar-refractivity contribution in [3.63, 3.8) is 0 Å². The second-order valence-corrected chi connectivity index (χ2v) is 3.83. The van der Waals surface area contributed by atoms with Gasteiger partial charge in [-0.05, 0) is 12.1 Å². The fourth-order valence-electron chi connectivity index (χ4n) is 0.954. The van der Waals surface area contributed by atoms with Crippen LogP contribution < -0.4 is 5.32 Å². The molecule has 0 aliphatic heterocycles. The summed E-state index contributed by atoms with van der Waals surface area (Å²) >= 11 is 17.5. The number of nitriles is 1. The van der Waals surface area contributed by atoms with Crippen LogP contribution in [0.4, 0.5) is 5.69 Å². The smallest absolute Gasteiger partial charge is 0.0720 e. The third-order valence-electron chi connectivity index (χ3n) is 1.55. The lowest BCUT2D eigenvalue weighted by Crippen LogP contribution is -2.01. The number of hydrogen-bond acceptors (Lipinski definition) is 2. The monoisotopic (exact) mass is 248 g/mol. The van der Waals surface area contributed by atoms with Crippen LogP contribution in [-0.4, -0.2) is 6.54 Å². The van der Waals surface area contributed by atoms with Crippen molar-refractivity contribution in [1.82, 2.24) is 0 Å². The summed E-state index contributed by atoms with van der Waals surface area (Å²) in [6.45, 7) is 0.511. The van der Waals surface area contributed by atoms with Crippen LogP contribution in [0.1, 0.15) is 6.42 Å². The van der Waals surface area contributed by atoms with Gasteiger partial charge in [0.15, 0.2) is 0 Å². The largest absolute Gasteiger partial charge is 0.382 e. The Kier molecular flexibility index (Phi) is 4.34. The highest BCUT2D eigenvalue weighted by molar-refractivity contribution is 6.41. The minimum Gasteiger partial charge on any atom is -0.382 e. The first-order chi connectivity index (χ1) is 6.65. The predicted molar refractivity (Wildman–Crippen MR) is 60.2 cm³/mol. The van der Waals surface area contributed by atoms with Crippen LogP contribution in [0.5, 0.6) is 0 Å². The highest BCUT2D eigenvalue weighted by Crippen LogP contribution is 2.33. The van der Waals surface area contributed by atoms with Gasteiger partial charge in [-0.1, -0.05) is 34.8 Å². The molecule has 1 N–H and O–H groups in total. The van der Waals surface area contributed by atoms with E-state index in [0.29, 0.717) is 33.7 Å². The number of rotatable bonds is 3. The molecule has 0 unspecified atom stereocenters. The van der Waals surface area contributed by atoms with E-state index in [1.807, 2.05) is 6.07 Å². The van der Waals surface area contributed by atoms with Crippen LogP contribution >= 0.6 is 34.8 Å². The molecule has 14 heavy (non-hydrogen) atoms. The standard InChI is InChI=1S/C9H7Cl3N2/c10-6-4-7(11)9(8(12)5-6)14-3-1-2-13/h4-5,14H,1,3H2. The molecule has 1 aromatic carbocycles. The van der Waals surface area contributed by atoms with E-state index in [4.69, 9.17) is 40.1 Å². The lowest BCUT2D eigenvalue weighted by Gasteiger charge is -2.08. The maximum atomic E-state index is 8.35. The molecule has 0 spiro atoms. The molecule has 1 aromatic rings. The Balaban J connectivity index is 2.81. The zero-order valence-corrected chi connectivity index (χ0v) is 9.42. The molecule has 0 aromatic heterocycles. The molecular weight excluding hydrogens is 242 g/mol. The molecule has 0 fully saturated rings. The van der Waals surface area contributed by atoms with Gasteiger partial charge in [-0.2, -0.15) is 5.26 Å². The molecule has 0 amide bonds. The number of nitrogens with zero attached hydrogens (tertiary/aromatic N) is 1. The van der Waals surface area contributed by atoms with Crippen LogP contribution in [0, 0.1) is 11.3 Å². The van der Waals surface area contributed by atoms with E-state index in [1.54, 1.807) is 12.1 Å². The van der Waals surface area contributed by atoms with Gasteiger partial charge in [0.05, 0.1) is 28.2 Å². The van der Waals surface area contributed by atoms with Crippen molar-refractivity contribution < 1.29 is 0 Å². The summed E-state index contributed by atoms with van der Waals surface area (Å²) < 4.78 is 0. The Bertz CT molecular complexity index is 348. The summed E-state index contributed by atoms with van der Waals surface area (Å²) in [4.78, 5) is 0. The van der Waals surface area contributed by atoms with E-state index in [2.05, 4.69) is 5.32 Å². The van der Waals surface area contributed by atoms with Crippen molar-refractivity contribution in [3.8, 4) is 6.07 Å². The minimum absolute atomic E-state index is 0.398. The van der Waals surface area contributed by atoms with E-state index in [0.717, 1.165) is 0 Å². The Morgan fingerprint density at radius 2 is 1.79 bits per heavy atom. The maximum absolute atomic E-state index is 8.35. The molecule has 2 nitrogen and oxygen atoms in total. The van der Waals surface area contributed by atoms with Crippen molar-refractivity contribution in [2.24, 2.45) is 0 Å². The van der Waals surface area contributed by atoms with Crippen LogP contribution in [0.25, 0.3) is 0 Å². The lowest BCUT2D eigenvalue weighted by molar-refractivity contribution is 1.08. The maximum Gasteiger partial charge on any atom is 0.0720 e. The fraction of sp³-hybridized carbons (Fsp3) is 0.222. The van der Waals surface area contributed by atoms with E-state index in [9.17, 15) is 0 Å². The quantitative estimate of drug-likeness (QED) is 0.823. The first kappa shape index (κ1) is 11.5. The number of nitrogens with one attached hydrogen (secondary N) is 1. The number of hydrogen-bond donors (Lipinski definition) is 1. The molecule has 0 atom stereocenters. The molecule has 0 heterocycles. The number of anilines is 1. The lowest BCUT2D eigenvalue weighted by atomic mass is 10.3. The zero-order valence-electron chi connectivity index (χ0n) is 7.15. The molecule has 1 rings (SSSR count). The second-order valence-electron chi connectivity index (χ2n) is 2.58. The first-order valence-electron chi connectivity index (χ1n) is 3.90. The minimum atomic E-state index is 0.398. The normalized spacial score (nSPS) is 9.57. The number of benzene rings is 1. The summed E-state index contributed by atoms with van der Waals surface area (Å²) in [5.41, 5.74) is 0.619. The van der Waals surface area contributed by atoms with Crippen molar-refractivity contribution in [1.29, 1.82) is 5.26 Å². The molecule has 0 aliphatic rings. The zero-order chi connectivity index (χ0) is 10.6. The van der Waals surface area contributed by atoms with Crippen LogP contribution in [0.2, 0.25) is 15.1 Å². The van der Waals surface area contributed by atoms with E-state index >= 15 is 0 Å². The fourth-order valence-corrected chi connectivity index (χ4v) is 1.91. The van der Waals surface area contributed by atoms with Gasteiger partial charge in [0.1, 0.15) is 0 Å². The van der Waals surface area contributed by atoms with Crippen LogP contribution in [-0.2, 0) is 0 Å². The van der Waals surface area contributed by atoms with Crippen LogP contribution in [0.3, 0.4) is 0 Å². The third kappa shape index (κ3) is 2.95. The Morgan fingerprint density at radius 1 is 1.21 bits per heavy atom. The molecular formula is C9H7Cl3N2. The summed E-state index contributed by atoms with van der Waals surface area (Å²) in [7, 11) is 0. The van der Waals surface area contributed by atoms with Gasteiger partial charge >= 0.3 is 0 Å². The molecule has 5 heteroatoms. The molecule has 0 radical (unpaired) electrons. The third-order valence-corrected chi connectivity index (χ3v) is 2.36. The van der Waals surface area contributed by atoms with Gasteiger partial charge in [-0.3, -0.25) is 0 Å². The van der Waals surface area contributed by atoms with Gasteiger partial charge in [-0.25, -0.2) is 0 Å². The Hall–Kier alpha value is -0.620. The van der Waals surface area contributed by atoms with Gasteiger partial charge in [-0.15, -0.1) is 0 Å². The molecule has 0 aliphatic carbocycles. The Labute approximate surface area is 97.4 Å². The van der Waals surface area contributed by atoms with Crippen molar-refractivity contribution >= 4 is 40.5 Å². The summed E-state index contributed by atoms with van der Waals surface area (Å²) in [5.74, 6) is 0. The van der Waals surface area contributed by atoms with E-state index in [1.165, 1.54) is 0 Å². The number of halogens is 3. The van der Waals surface area contributed by atoms with Crippen LogP contribution in [0.15, 0.2) is 12.1 Å². The molecule has 0 saturated heterocycles. The SMILES string of the molecule is N#CCCNc1c(Cl)cc(Cl)cc1Cl. The highest BCUT2D eigenvalue weighted by Gasteiger charge is 2.06. The van der Waals surface area contributed by atoms with Crippen molar-refractivity contribution in [2.45, 2.75) is 6.42 Å². The van der Waals surface area contributed by atoms with Gasteiger partial charge in [0.2, 0.25) is 0 Å². The summed E-state index contributed by atoms with van der Waals surface area (Å²) in [6.07, 6.45) is 0.398. The predicted octanol–water partition coefficient (Wildman–Crippen LogP) is 3.97. The summed E-state index contributed by atoms with van der Waals surface area (Å²) in [5, 5.41) is 12.7. The van der Waals surface area contributed by atoms with E-state index < -0.39 is 0 Å². The topological polar surface area (TPSA) is 35.8 Å². The average Bonchev–Trinajstić information content (AvgIpc) is 2.09. The van der Waals surface area contributed by atoms with Gasteiger partial charge in [0, 0.05) is 11.6 Å². The highest BCUT2D eigenvalue weighted by atomic mass is 35.5. The van der Waals surface area contributed by atoms with E-state index in [-0.39, 0.29) is 0 Å². The van der Waals surface area contributed by atoms with Gasteiger partial charge < -0.3 is 5.32 Å². The van der Waals surface area contributed by atoms with Gasteiger partial charge in [0.25, 0.3) is 0 Å². The average molecular weight is 250 g/mol. The molecule has 74 valence electrons. The molecule has 0 bridgehead atoms. The Morgan fingerprint density at radius 3 is 2.29 bits per heavy atom. The second kappa shape index (κ2) is 5.31. The van der Waals surface area contributed by atoms with Crippen molar-refractivity contribution in [3.05, 3.63) is 27.2 Å².